The SMILES string of the molecule is CC(=O)Nc1ccc(NC(=O)[C@H](C)NC(c2ccccc2)c2ccccc2)cc1. The van der Waals surface area contributed by atoms with Crippen LogP contribution in [0.4, 0.5) is 11.4 Å². The molecular weight excluding hydrogens is 362 g/mol. The van der Waals surface area contributed by atoms with Gasteiger partial charge in [-0.25, -0.2) is 0 Å². The predicted molar refractivity (Wildman–Crippen MR) is 117 cm³/mol. The molecule has 5 heteroatoms. The van der Waals surface area contributed by atoms with Crippen LogP contribution < -0.4 is 16.0 Å². The number of rotatable bonds is 7. The van der Waals surface area contributed by atoms with Crippen molar-refractivity contribution in [1.82, 2.24) is 5.32 Å². The molecule has 0 saturated carbocycles. The third-order valence-corrected chi connectivity index (χ3v) is 4.55. The molecule has 0 heterocycles. The summed E-state index contributed by atoms with van der Waals surface area (Å²) in [7, 11) is 0. The van der Waals surface area contributed by atoms with E-state index >= 15 is 0 Å². The van der Waals surface area contributed by atoms with Gasteiger partial charge in [0.15, 0.2) is 0 Å². The molecule has 0 aliphatic carbocycles. The first kappa shape index (κ1) is 20.3. The fourth-order valence-corrected chi connectivity index (χ4v) is 3.09. The molecule has 29 heavy (non-hydrogen) atoms. The monoisotopic (exact) mass is 387 g/mol. The highest BCUT2D eigenvalue weighted by molar-refractivity contribution is 5.95. The second-order valence-corrected chi connectivity index (χ2v) is 6.89. The van der Waals surface area contributed by atoms with Gasteiger partial charge in [-0.2, -0.15) is 0 Å². The number of carbonyl (C=O) groups is 2. The van der Waals surface area contributed by atoms with Gasteiger partial charge in [0.05, 0.1) is 12.1 Å². The number of hydrogen-bond acceptors (Lipinski definition) is 3. The molecule has 0 spiro atoms. The number of carbonyl (C=O) groups excluding carboxylic acids is 2. The number of amides is 2. The van der Waals surface area contributed by atoms with Crippen LogP contribution in [0.3, 0.4) is 0 Å². The molecule has 3 N–H and O–H groups in total. The molecule has 0 unspecified atom stereocenters. The molecule has 0 saturated heterocycles. The van der Waals surface area contributed by atoms with Crippen molar-refractivity contribution in [3.05, 3.63) is 96.1 Å². The van der Waals surface area contributed by atoms with Crippen LogP contribution >= 0.6 is 0 Å². The second kappa shape index (κ2) is 9.66. The first-order valence-electron chi connectivity index (χ1n) is 9.57. The van der Waals surface area contributed by atoms with Crippen molar-refractivity contribution in [2.45, 2.75) is 25.9 Å². The van der Waals surface area contributed by atoms with Crippen LogP contribution in [-0.2, 0) is 9.59 Å². The molecule has 0 fully saturated rings. The van der Waals surface area contributed by atoms with Crippen LogP contribution in [0.5, 0.6) is 0 Å². The van der Waals surface area contributed by atoms with Gasteiger partial charge in [0, 0.05) is 18.3 Å². The molecule has 3 aromatic rings. The molecule has 0 aromatic heterocycles. The average Bonchev–Trinajstić information content (AvgIpc) is 2.74. The lowest BCUT2D eigenvalue weighted by atomic mass is 9.98. The van der Waals surface area contributed by atoms with E-state index in [0.717, 1.165) is 11.1 Å². The van der Waals surface area contributed by atoms with Crippen molar-refractivity contribution in [2.24, 2.45) is 0 Å². The Labute approximate surface area is 171 Å². The van der Waals surface area contributed by atoms with E-state index in [0.29, 0.717) is 11.4 Å². The van der Waals surface area contributed by atoms with Gasteiger partial charge in [0.2, 0.25) is 11.8 Å². The fourth-order valence-electron chi connectivity index (χ4n) is 3.09. The zero-order valence-corrected chi connectivity index (χ0v) is 16.6. The van der Waals surface area contributed by atoms with Crippen LogP contribution in [0.15, 0.2) is 84.9 Å². The van der Waals surface area contributed by atoms with Crippen molar-refractivity contribution in [3.63, 3.8) is 0 Å². The Morgan fingerprint density at radius 3 is 1.59 bits per heavy atom. The maximum absolute atomic E-state index is 12.7. The van der Waals surface area contributed by atoms with E-state index in [1.54, 1.807) is 24.3 Å². The van der Waals surface area contributed by atoms with Crippen molar-refractivity contribution >= 4 is 23.2 Å². The van der Waals surface area contributed by atoms with Gasteiger partial charge in [-0.3, -0.25) is 14.9 Å². The minimum Gasteiger partial charge on any atom is -0.326 e. The summed E-state index contributed by atoms with van der Waals surface area (Å²) >= 11 is 0. The van der Waals surface area contributed by atoms with Gasteiger partial charge in [-0.15, -0.1) is 0 Å². The Kier molecular flexibility index (Phi) is 6.76. The third-order valence-electron chi connectivity index (χ3n) is 4.55. The molecule has 3 rings (SSSR count). The van der Waals surface area contributed by atoms with Gasteiger partial charge < -0.3 is 10.6 Å². The lowest BCUT2D eigenvalue weighted by molar-refractivity contribution is -0.118. The summed E-state index contributed by atoms with van der Waals surface area (Å²) < 4.78 is 0. The maximum Gasteiger partial charge on any atom is 0.241 e. The summed E-state index contributed by atoms with van der Waals surface area (Å²) in [6.07, 6.45) is 0. The maximum atomic E-state index is 12.7. The third kappa shape index (κ3) is 5.77. The molecular formula is C24H25N3O2. The van der Waals surface area contributed by atoms with E-state index in [4.69, 9.17) is 0 Å². The molecule has 0 aliphatic rings. The zero-order valence-electron chi connectivity index (χ0n) is 16.6. The van der Waals surface area contributed by atoms with Crippen LogP contribution in [0.1, 0.15) is 31.0 Å². The largest absolute Gasteiger partial charge is 0.326 e. The first-order chi connectivity index (χ1) is 14.0. The molecule has 2 amide bonds. The van der Waals surface area contributed by atoms with Crippen molar-refractivity contribution < 1.29 is 9.59 Å². The highest BCUT2D eigenvalue weighted by Crippen LogP contribution is 2.22. The summed E-state index contributed by atoms with van der Waals surface area (Å²) in [5.41, 5.74) is 3.56. The van der Waals surface area contributed by atoms with E-state index < -0.39 is 6.04 Å². The van der Waals surface area contributed by atoms with E-state index in [1.807, 2.05) is 43.3 Å². The van der Waals surface area contributed by atoms with Gasteiger partial charge >= 0.3 is 0 Å². The Balaban J connectivity index is 1.70. The van der Waals surface area contributed by atoms with Crippen LogP contribution in [0, 0.1) is 0 Å². The van der Waals surface area contributed by atoms with Crippen LogP contribution in [0.2, 0.25) is 0 Å². The number of nitrogens with one attached hydrogen (secondary N) is 3. The van der Waals surface area contributed by atoms with Crippen LogP contribution in [-0.4, -0.2) is 17.9 Å². The minimum absolute atomic E-state index is 0.0970. The lowest BCUT2D eigenvalue weighted by Gasteiger charge is -2.24. The minimum atomic E-state index is -0.421. The van der Waals surface area contributed by atoms with Gasteiger partial charge in [0.25, 0.3) is 0 Å². The Bertz CT molecular complexity index is 901. The summed E-state index contributed by atoms with van der Waals surface area (Å²) in [6.45, 7) is 3.30. The second-order valence-electron chi connectivity index (χ2n) is 6.89. The fraction of sp³-hybridized carbons (Fsp3) is 0.167. The molecule has 148 valence electrons. The molecule has 3 aromatic carbocycles. The van der Waals surface area contributed by atoms with E-state index in [2.05, 4.69) is 40.2 Å². The first-order valence-corrected chi connectivity index (χ1v) is 9.57. The summed E-state index contributed by atoms with van der Waals surface area (Å²) in [5.74, 6) is -0.262. The van der Waals surface area contributed by atoms with Crippen molar-refractivity contribution in [2.75, 3.05) is 10.6 Å². The van der Waals surface area contributed by atoms with E-state index in [-0.39, 0.29) is 17.9 Å². The zero-order chi connectivity index (χ0) is 20.6. The summed E-state index contributed by atoms with van der Waals surface area (Å²) in [5, 5.41) is 9.06. The number of anilines is 2. The molecule has 5 nitrogen and oxygen atoms in total. The van der Waals surface area contributed by atoms with Gasteiger partial charge in [-0.05, 0) is 42.3 Å². The van der Waals surface area contributed by atoms with E-state index in [1.165, 1.54) is 6.92 Å². The quantitative estimate of drug-likeness (QED) is 0.564. The molecule has 0 radical (unpaired) electrons. The number of benzene rings is 3. The standard InChI is InChI=1S/C24H25N3O2/c1-17(24(29)27-22-15-13-21(14-16-22)26-18(2)28)25-23(19-9-5-3-6-10-19)20-11-7-4-8-12-20/h3-17,23,25H,1-2H3,(H,26,28)(H,27,29)/t17-/m0/s1. The topological polar surface area (TPSA) is 70.2 Å². The lowest BCUT2D eigenvalue weighted by Crippen LogP contribution is -2.40. The van der Waals surface area contributed by atoms with Crippen LogP contribution in [0.25, 0.3) is 0 Å². The predicted octanol–water partition coefficient (Wildman–Crippen LogP) is 4.35. The Morgan fingerprint density at radius 2 is 1.14 bits per heavy atom. The highest BCUT2D eigenvalue weighted by Gasteiger charge is 2.20. The normalized spacial score (nSPS) is 11.7. The Morgan fingerprint density at radius 1 is 0.690 bits per heavy atom. The number of hydrogen-bond donors (Lipinski definition) is 3. The smallest absolute Gasteiger partial charge is 0.241 e. The molecule has 1 atom stereocenters. The van der Waals surface area contributed by atoms with E-state index in [9.17, 15) is 9.59 Å². The van der Waals surface area contributed by atoms with Crippen molar-refractivity contribution in [3.8, 4) is 0 Å². The van der Waals surface area contributed by atoms with Crippen molar-refractivity contribution in [1.29, 1.82) is 0 Å². The van der Waals surface area contributed by atoms with Gasteiger partial charge in [-0.1, -0.05) is 60.7 Å². The average molecular weight is 387 g/mol. The van der Waals surface area contributed by atoms with Gasteiger partial charge in [0.1, 0.15) is 0 Å². The summed E-state index contributed by atoms with van der Waals surface area (Å²) in [4.78, 5) is 23.8. The summed E-state index contributed by atoms with van der Waals surface area (Å²) in [6, 6.07) is 26.7. The Hall–Kier alpha value is -3.44. The highest BCUT2D eigenvalue weighted by atomic mass is 16.2. The molecule has 0 aliphatic heterocycles. The molecule has 0 bridgehead atoms.